The first-order chi connectivity index (χ1) is 8.67. The summed E-state index contributed by atoms with van der Waals surface area (Å²) < 4.78 is 7.50. The second-order valence-electron chi connectivity index (χ2n) is 5.47. The molecular weight excluding hydrogens is 226 g/mol. The molecule has 0 spiro atoms. The third-order valence-electron chi connectivity index (χ3n) is 3.82. The Balaban J connectivity index is 2.04. The fourth-order valence-corrected chi connectivity index (χ4v) is 2.63. The van der Waals surface area contributed by atoms with Gasteiger partial charge in [0, 0.05) is 12.1 Å². The van der Waals surface area contributed by atoms with Crippen molar-refractivity contribution < 1.29 is 4.74 Å². The number of ether oxygens (including phenoxy) is 1. The number of aromatic nitrogens is 2. The molecular formula is C14H25N3O. The molecule has 1 saturated carbocycles. The third-order valence-corrected chi connectivity index (χ3v) is 3.82. The van der Waals surface area contributed by atoms with Crippen LogP contribution in [-0.2, 0) is 6.42 Å². The van der Waals surface area contributed by atoms with Crippen molar-refractivity contribution >= 4 is 0 Å². The lowest BCUT2D eigenvalue weighted by molar-refractivity contribution is 0.396. The van der Waals surface area contributed by atoms with E-state index in [9.17, 15) is 0 Å². The van der Waals surface area contributed by atoms with Gasteiger partial charge in [-0.1, -0.05) is 0 Å². The van der Waals surface area contributed by atoms with Crippen LogP contribution in [0.1, 0.15) is 44.8 Å². The van der Waals surface area contributed by atoms with Crippen molar-refractivity contribution in [2.75, 3.05) is 14.2 Å². The van der Waals surface area contributed by atoms with Crippen LogP contribution < -0.4 is 10.1 Å². The standard InChI is InChI=1S/C14H25N3O/c1-10(2)17-13(14(18-4)9-16-17)8-7-12(15-3)11-5-6-11/h9-12,15H,5-8H2,1-4H3. The van der Waals surface area contributed by atoms with E-state index in [-0.39, 0.29) is 0 Å². The molecule has 0 aromatic carbocycles. The van der Waals surface area contributed by atoms with Crippen LogP contribution in [0.2, 0.25) is 0 Å². The summed E-state index contributed by atoms with van der Waals surface area (Å²) in [4.78, 5) is 0. The highest BCUT2D eigenvalue weighted by atomic mass is 16.5. The van der Waals surface area contributed by atoms with Gasteiger partial charge >= 0.3 is 0 Å². The molecule has 1 unspecified atom stereocenters. The van der Waals surface area contributed by atoms with Gasteiger partial charge in [-0.25, -0.2) is 0 Å². The van der Waals surface area contributed by atoms with Gasteiger partial charge in [0.1, 0.15) is 0 Å². The van der Waals surface area contributed by atoms with Gasteiger partial charge in [-0.2, -0.15) is 5.10 Å². The quantitative estimate of drug-likeness (QED) is 0.809. The maximum atomic E-state index is 5.41. The second-order valence-corrected chi connectivity index (χ2v) is 5.47. The molecule has 1 aliphatic carbocycles. The van der Waals surface area contributed by atoms with Crippen LogP contribution in [-0.4, -0.2) is 30.0 Å². The molecule has 1 aromatic heterocycles. The average Bonchev–Trinajstić information content (AvgIpc) is 3.09. The first kappa shape index (κ1) is 13.4. The van der Waals surface area contributed by atoms with E-state index in [4.69, 9.17) is 4.74 Å². The minimum atomic E-state index is 0.387. The summed E-state index contributed by atoms with van der Waals surface area (Å²) in [5.74, 6) is 1.81. The van der Waals surface area contributed by atoms with Crippen molar-refractivity contribution in [2.45, 2.75) is 51.6 Å². The van der Waals surface area contributed by atoms with E-state index in [1.807, 2.05) is 6.20 Å². The molecule has 1 N–H and O–H groups in total. The van der Waals surface area contributed by atoms with Crippen LogP contribution in [0.5, 0.6) is 5.75 Å². The van der Waals surface area contributed by atoms with E-state index in [0.717, 1.165) is 24.5 Å². The third kappa shape index (κ3) is 2.86. The summed E-state index contributed by atoms with van der Waals surface area (Å²) >= 11 is 0. The molecule has 4 heteroatoms. The van der Waals surface area contributed by atoms with Crippen molar-refractivity contribution in [1.82, 2.24) is 15.1 Å². The Hall–Kier alpha value is -1.03. The average molecular weight is 251 g/mol. The number of nitrogens with one attached hydrogen (secondary N) is 1. The van der Waals surface area contributed by atoms with Crippen molar-refractivity contribution in [3.63, 3.8) is 0 Å². The maximum absolute atomic E-state index is 5.41. The summed E-state index contributed by atoms with van der Waals surface area (Å²) in [6.45, 7) is 4.32. The zero-order valence-electron chi connectivity index (χ0n) is 11.9. The highest BCUT2D eigenvalue weighted by molar-refractivity contribution is 5.25. The zero-order chi connectivity index (χ0) is 13.1. The van der Waals surface area contributed by atoms with E-state index in [2.05, 4.69) is 36.0 Å². The van der Waals surface area contributed by atoms with E-state index in [1.54, 1.807) is 7.11 Å². The Morgan fingerprint density at radius 1 is 1.50 bits per heavy atom. The fraction of sp³-hybridized carbons (Fsp3) is 0.786. The minimum Gasteiger partial charge on any atom is -0.493 e. The molecule has 2 rings (SSSR count). The van der Waals surface area contributed by atoms with Crippen molar-refractivity contribution in [2.24, 2.45) is 5.92 Å². The molecule has 1 aliphatic rings. The SMILES string of the molecule is CNC(CCc1c(OC)cnn1C(C)C)C1CC1. The molecule has 1 heterocycles. The molecule has 0 amide bonds. The Morgan fingerprint density at radius 3 is 2.72 bits per heavy atom. The Morgan fingerprint density at radius 2 is 2.22 bits per heavy atom. The molecule has 0 saturated heterocycles. The topological polar surface area (TPSA) is 39.1 Å². The van der Waals surface area contributed by atoms with Crippen molar-refractivity contribution in [1.29, 1.82) is 0 Å². The predicted molar refractivity (Wildman–Crippen MR) is 73.1 cm³/mol. The maximum Gasteiger partial charge on any atom is 0.159 e. The Labute approximate surface area is 110 Å². The van der Waals surface area contributed by atoms with Gasteiger partial charge < -0.3 is 10.1 Å². The van der Waals surface area contributed by atoms with Crippen molar-refractivity contribution in [3.05, 3.63) is 11.9 Å². The molecule has 0 radical (unpaired) electrons. The zero-order valence-corrected chi connectivity index (χ0v) is 11.9. The molecule has 102 valence electrons. The lowest BCUT2D eigenvalue weighted by Gasteiger charge is -2.17. The first-order valence-corrected chi connectivity index (χ1v) is 6.95. The summed E-state index contributed by atoms with van der Waals surface area (Å²) in [5, 5.41) is 7.86. The number of hydrogen-bond donors (Lipinski definition) is 1. The van der Waals surface area contributed by atoms with E-state index in [0.29, 0.717) is 12.1 Å². The molecule has 18 heavy (non-hydrogen) atoms. The molecule has 4 nitrogen and oxygen atoms in total. The highest BCUT2D eigenvalue weighted by Crippen LogP contribution is 2.35. The minimum absolute atomic E-state index is 0.387. The predicted octanol–water partition coefficient (Wildman–Crippen LogP) is 2.40. The van der Waals surface area contributed by atoms with Crippen molar-refractivity contribution in [3.8, 4) is 5.75 Å². The lowest BCUT2D eigenvalue weighted by Crippen LogP contribution is -2.28. The van der Waals surface area contributed by atoms with E-state index >= 15 is 0 Å². The van der Waals surface area contributed by atoms with Crippen LogP contribution in [0.25, 0.3) is 0 Å². The summed E-state index contributed by atoms with van der Waals surface area (Å²) in [6, 6.07) is 1.03. The lowest BCUT2D eigenvalue weighted by atomic mass is 10.0. The van der Waals surface area contributed by atoms with Gasteiger partial charge in [0.05, 0.1) is 19.0 Å². The Kier molecular flexibility index (Phi) is 4.27. The normalized spacial score (nSPS) is 17.2. The molecule has 0 bridgehead atoms. The molecule has 1 aromatic rings. The fourth-order valence-electron chi connectivity index (χ4n) is 2.63. The second kappa shape index (κ2) is 5.74. The number of hydrogen-bond acceptors (Lipinski definition) is 3. The van der Waals surface area contributed by atoms with Crippen LogP contribution >= 0.6 is 0 Å². The number of rotatable bonds is 7. The van der Waals surface area contributed by atoms with Crippen LogP contribution in [0, 0.1) is 5.92 Å². The summed E-state index contributed by atoms with van der Waals surface area (Å²) in [7, 11) is 3.79. The molecule has 1 atom stereocenters. The van der Waals surface area contributed by atoms with Gasteiger partial charge in [0.15, 0.2) is 5.75 Å². The van der Waals surface area contributed by atoms with E-state index < -0.39 is 0 Å². The van der Waals surface area contributed by atoms with Gasteiger partial charge in [-0.3, -0.25) is 4.68 Å². The molecule has 1 fully saturated rings. The summed E-state index contributed by atoms with van der Waals surface area (Å²) in [5.41, 5.74) is 1.23. The monoisotopic (exact) mass is 251 g/mol. The van der Waals surface area contributed by atoms with Gasteiger partial charge in [-0.15, -0.1) is 0 Å². The van der Waals surface area contributed by atoms with E-state index in [1.165, 1.54) is 18.5 Å². The summed E-state index contributed by atoms with van der Waals surface area (Å²) in [6.07, 6.45) is 6.79. The number of methoxy groups -OCH3 is 1. The Bertz CT molecular complexity index is 382. The number of nitrogens with zero attached hydrogens (tertiary/aromatic N) is 2. The highest BCUT2D eigenvalue weighted by Gasteiger charge is 2.30. The van der Waals surface area contributed by atoms with Crippen LogP contribution in [0.4, 0.5) is 0 Å². The van der Waals surface area contributed by atoms with Gasteiger partial charge in [0.25, 0.3) is 0 Å². The largest absolute Gasteiger partial charge is 0.493 e. The van der Waals surface area contributed by atoms with Crippen LogP contribution in [0.15, 0.2) is 6.20 Å². The smallest absolute Gasteiger partial charge is 0.159 e. The first-order valence-electron chi connectivity index (χ1n) is 6.95. The van der Waals surface area contributed by atoms with Gasteiger partial charge in [-0.05, 0) is 52.5 Å². The van der Waals surface area contributed by atoms with Gasteiger partial charge in [0.2, 0.25) is 0 Å². The molecule has 0 aliphatic heterocycles. The van der Waals surface area contributed by atoms with Crippen LogP contribution in [0.3, 0.4) is 0 Å².